The fourth-order valence-corrected chi connectivity index (χ4v) is 4.98. The molecular formula is C24H24Cl2N4O3S. The van der Waals surface area contributed by atoms with Gasteiger partial charge in [0.1, 0.15) is 6.04 Å². The van der Waals surface area contributed by atoms with E-state index in [0.717, 1.165) is 16.0 Å². The van der Waals surface area contributed by atoms with Crippen molar-refractivity contribution in [1.29, 1.82) is 0 Å². The molecule has 1 heterocycles. The minimum atomic E-state index is -1.12. The summed E-state index contributed by atoms with van der Waals surface area (Å²) >= 11 is 13.8. The number of rotatable bonds is 10. The Labute approximate surface area is 211 Å². The Kier molecular flexibility index (Phi) is 8.92. The van der Waals surface area contributed by atoms with Crippen LogP contribution in [0, 0.1) is 0 Å². The quantitative estimate of drug-likeness (QED) is 0.178. The zero-order chi connectivity index (χ0) is 24.7. The number of aliphatic carboxylic acids is 1. The van der Waals surface area contributed by atoms with Gasteiger partial charge in [-0.05, 0) is 60.4 Å². The van der Waals surface area contributed by atoms with Crippen molar-refractivity contribution in [2.24, 2.45) is 16.5 Å². The first-order valence-corrected chi connectivity index (χ1v) is 12.0. The molecule has 1 aromatic heterocycles. The number of hydrogen-bond acceptors (Lipinski definition) is 4. The third-order valence-electron chi connectivity index (χ3n) is 5.05. The molecule has 0 aliphatic heterocycles. The molecule has 0 bridgehead atoms. The van der Waals surface area contributed by atoms with Gasteiger partial charge in [0.2, 0.25) is 0 Å². The van der Waals surface area contributed by atoms with Crippen molar-refractivity contribution in [2.45, 2.75) is 24.8 Å². The van der Waals surface area contributed by atoms with Crippen LogP contribution >= 0.6 is 34.5 Å². The first-order valence-electron chi connectivity index (χ1n) is 10.4. The van der Waals surface area contributed by atoms with Gasteiger partial charge in [0, 0.05) is 27.4 Å². The van der Waals surface area contributed by atoms with Crippen LogP contribution in [0.15, 0.2) is 65.7 Å². The van der Waals surface area contributed by atoms with E-state index >= 15 is 0 Å². The van der Waals surface area contributed by atoms with Gasteiger partial charge in [-0.1, -0.05) is 47.5 Å². The summed E-state index contributed by atoms with van der Waals surface area (Å²) < 4.78 is 0. The van der Waals surface area contributed by atoms with Crippen LogP contribution in [0.25, 0.3) is 0 Å². The number of carbonyl (C=O) groups is 2. The molecule has 1 amide bonds. The van der Waals surface area contributed by atoms with Crippen LogP contribution in [0.1, 0.15) is 44.4 Å². The number of nitrogens with zero attached hydrogens (tertiary/aromatic N) is 1. The predicted molar refractivity (Wildman–Crippen MR) is 137 cm³/mol. The average Bonchev–Trinajstić information content (AvgIpc) is 3.25. The molecule has 3 rings (SSSR count). The number of benzene rings is 2. The summed E-state index contributed by atoms with van der Waals surface area (Å²) in [5, 5.41) is 13.3. The largest absolute Gasteiger partial charge is 0.480 e. The third kappa shape index (κ3) is 6.96. The maximum atomic E-state index is 12.8. The second-order valence-corrected chi connectivity index (χ2v) is 9.55. The molecule has 34 heavy (non-hydrogen) atoms. The molecule has 0 radical (unpaired) electrons. The van der Waals surface area contributed by atoms with Crippen molar-refractivity contribution in [3.8, 4) is 0 Å². The summed E-state index contributed by atoms with van der Waals surface area (Å²) in [6.45, 7) is 0.284. The molecule has 0 unspecified atom stereocenters. The van der Waals surface area contributed by atoms with Gasteiger partial charge >= 0.3 is 5.97 Å². The van der Waals surface area contributed by atoms with E-state index in [0.29, 0.717) is 21.3 Å². The first kappa shape index (κ1) is 25.6. The molecule has 6 N–H and O–H groups in total. The van der Waals surface area contributed by atoms with Gasteiger partial charge in [-0.2, -0.15) is 0 Å². The van der Waals surface area contributed by atoms with Crippen molar-refractivity contribution in [3.63, 3.8) is 0 Å². The molecule has 2 aromatic carbocycles. The lowest BCUT2D eigenvalue weighted by molar-refractivity contribution is -0.139. The minimum Gasteiger partial charge on any atom is -0.480 e. The molecule has 0 spiro atoms. The highest BCUT2D eigenvalue weighted by Gasteiger charge is 2.24. The summed E-state index contributed by atoms with van der Waals surface area (Å²) in [5.41, 5.74) is 12.5. The lowest BCUT2D eigenvalue weighted by atomic mass is 9.90. The third-order valence-corrected chi connectivity index (χ3v) is 6.67. The number of hydrogen-bond donors (Lipinski definition) is 4. The molecule has 7 nitrogen and oxygen atoms in total. The van der Waals surface area contributed by atoms with Crippen LogP contribution in [-0.4, -0.2) is 35.5 Å². The number of halogens is 2. The Morgan fingerprint density at radius 1 is 1.00 bits per heavy atom. The topological polar surface area (TPSA) is 131 Å². The van der Waals surface area contributed by atoms with Gasteiger partial charge in [-0.3, -0.25) is 9.79 Å². The predicted octanol–water partition coefficient (Wildman–Crippen LogP) is 4.47. The van der Waals surface area contributed by atoms with E-state index in [-0.39, 0.29) is 24.8 Å². The van der Waals surface area contributed by atoms with Gasteiger partial charge in [0.15, 0.2) is 5.96 Å². The second kappa shape index (κ2) is 11.9. The van der Waals surface area contributed by atoms with Crippen molar-refractivity contribution < 1.29 is 14.7 Å². The highest BCUT2D eigenvalue weighted by molar-refractivity contribution is 7.14. The summed E-state index contributed by atoms with van der Waals surface area (Å²) in [6.07, 6.45) is 0.611. The molecule has 0 fully saturated rings. The lowest BCUT2D eigenvalue weighted by Crippen LogP contribution is -2.40. The summed E-state index contributed by atoms with van der Waals surface area (Å²) in [4.78, 5) is 29.6. The first-order chi connectivity index (χ1) is 16.2. The van der Waals surface area contributed by atoms with E-state index in [1.54, 1.807) is 18.2 Å². The van der Waals surface area contributed by atoms with Crippen LogP contribution in [-0.2, 0) is 4.79 Å². The molecule has 0 saturated carbocycles. The van der Waals surface area contributed by atoms with Gasteiger partial charge in [-0.25, -0.2) is 4.79 Å². The number of amides is 1. The van der Waals surface area contributed by atoms with Crippen LogP contribution in [0.5, 0.6) is 0 Å². The fraction of sp³-hybridized carbons (Fsp3) is 0.208. The van der Waals surface area contributed by atoms with Crippen molar-refractivity contribution in [3.05, 3.63) is 91.6 Å². The number of nitrogens with one attached hydrogen (secondary N) is 1. The number of carboxylic acids is 1. The average molecular weight is 519 g/mol. The highest BCUT2D eigenvalue weighted by atomic mass is 35.5. The van der Waals surface area contributed by atoms with Crippen LogP contribution < -0.4 is 16.8 Å². The number of carbonyl (C=O) groups excluding carboxylic acids is 1. The number of aliphatic imine (C=N–C) groups is 1. The van der Waals surface area contributed by atoms with Gasteiger partial charge in [0.25, 0.3) is 5.91 Å². The highest BCUT2D eigenvalue weighted by Crippen LogP contribution is 2.37. The monoisotopic (exact) mass is 518 g/mol. The van der Waals surface area contributed by atoms with Gasteiger partial charge in [0.05, 0.1) is 4.88 Å². The molecule has 0 aliphatic carbocycles. The van der Waals surface area contributed by atoms with Crippen LogP contribution in [0.3, 0.4) is 0 Å². The maximum Gasteiger partial charge on any atom is 0.326 e. The van der Waals surface area contributed by atoms with Crippen molar-refractivity contribution >= 4 is 52.4 Å². The maximum absolute atomic E-state index is 12.8. The van der Waals surface area contributed by atoms with E-state index in [1.807, 2.05) is 42.5 Å². The molecule has 10 heteroatoms. The standard InChI is InChI=1S/C24H24Cl2N4O3S/c25-16-6-1-4-14(12-16)21(15-5-2-7-17(26)13-15)19-9-10-20(34-19)22(31)30-18(23(32)33)8-3-11-29-24(27)28/h1-2,4-7,9-10,12-13,18,21H,3,8,11H2,(H,30,31)(H,32,33)(H4,27,28,29)/t18-/m0/s1. The number of nitrogens with two attached hydrogens (primary N) is 2. The Hall–Kier alpha value is -3.07. The summed E-state index contributed by atoms with van der Waals surface area (Å²) in [6, 6.07) is 17.5. The Morgan fingerprint density at radius 2 is 1.62 bits per heavy atom. The lowest BCUT2D eigenvalue weighted by Gasteiger charge is -2.17. The normalized spacial score (nSPS) is 11.7. The second-order valence-electron chi connectivity index (χ2n) is 7.56. The van der Waals surface area contributed by atoms with Gasteiger partial charge in [-0.15, -0.1) is 11.3 Å². The zero-order valence-corrected chi connectivity index (χ0v) is 20.4. The van der Waals surface area contributed by atoms with Crippen molar-refractivity contribution in [2.75, 3.05) is 6.54 Å². The number of carboxylic acid groups (broad SMARTS) is 1. The molecule has 3 aromatic rings. The number of guanidine groups is 1. The summed E-state index contributed by atoms with van der Waals surface area (Å²) in [7, 11) is 0. The Bertz CT molecular complexity index is 1150. The van der Waals surface area contributed by atoms with Crippen LogP contribution in [0.4, 0.5) is 0 Å². The Balaban J connectivity index is 1.83. The van der Waals surface area contributed by atoms with E-state index < -0.39 is 17.9 Å². The van der Waals surface area contributed by atoms with E-state index in [9.17, 15) is 14.7 Å². The number of thiophene rings is 1. The molecule has 0 saturated heterocycles. The zero-order valence-electron chi connectivity index (χ0n) is 18.1. The van der Waals surface area contributed by atoms with E-state index in [2.05, 4.69) is 10.3 Å². The fourth-order valence-electron chi connectivity index (χ4n) is 3.51. The van der Waals surface area contributed by atoms with E-state index in [4.69, 9.17) is 34.7 Å². The molecule has 178 valence electrons. The molecule has 0 aliphatic rings. The van der Waals surface area contributed by atoms with Crippen LogP contribution in [0.2, 0.25) is 10.0 Å². The van der Waals surface area contributed by atoms with Crippen molar-refractivity contribution in [1.82, 2.24) is 5.32 Å². The smallest absolute Gasteiger partial charge is 0.326 e. The molecule has 1 atom stereocenters. The Morgan fingerprint density at radius 3 is 2.15 bits per heavy atom. The SMILES string of the molecule is NC(N)=NCCC[C@H](NC(=O)c1ccc(C(c2cccc(Cl)c2)c2cccc(Cl)c2)s1)C(=O)O. The van der Waals surface area contributed by atoms with E-state index in [1.165, 1.54) is 11.3 Å². The van der Waals surface area contributed by atoms with Gasteiger partial charge < -0.3 is 21.9 Å². The molecular weight excluding hydrogens is 495 g/mol. The summed E-state index contributed by atoms with van der Waals surface area (Å²) in [5.74, 6) is -1.83. The minimum absolute atomic E-state index is 0.0593.